The van der Waals surface area contributed by atoms with Crippen LogP contribution >= 0.6 is 11.3 Å². The van der Waals surface area contributed by atoms with Crippen molar-refractivity contribution in [2.45, 2.75) is 25.9 Å². The van der Waals surface area contributed by atoms with Gasteiger partial charge in [0.1, 0.15) is 5.01 Å². The van der Waals surface area contributed by atoms with Crippen LogP contribution in [0.25, 0.3) is 0 Å². The Balaban J connectivity index is 1.89. The Hall–Kier alpha value is -1.93. The summed E-state index contributed by atoms with van der Waals surface area (Å²) in [6.45, 7) is 5.52. The predicted octanol–water partition coefficient (Wildman–Crippen LogP) is 1.96. The summed E-state index contributed by atoms with van der Waals surface area (Å²) in [4.78, 5) is 18.4. The van der Waals surface area contributed by atoms with E-state index in [9.17, 15) is 4.79 Å². The molecule has 2 rings (SSSR count). The van der Waals surface area contributed by atoms with Crippen molar-refractivity contribution >= 4 is 23.1 Å². The number of hydrogen-bond donors (Lipinski definition) is 2. The van der Waals surface area contributed by atoms with Crippen molar-refractivity contribution in [1.82, 2.24) is 25.0 Å². The lowest BCUT2D eigenvalue weighted by Gasteiger charge is -2.23. The summed E-state index contributed by atoms with van der Waals surface area (Å²) in [5.41, 5.74) is 0.158. The van der Waals surface area contributed by atoms with Gasteiger partial charge in [0.2, 0.25) is 0 Å². The van der Waals surface area contributed by atoms with Crippen LogP contribution in [0, 0.1) is 0 Å². The van der Waals surface area contributed by atoms with Crippen molar-refractivity contribution in [2.24, 2.45) is 0 Å². The minimum absolute atomic E-state index is 0.271. The van der Waals surface area contributed by atoms with Gasteiger partial charge in [-0.25, -0.2) is 9.78 Å². The van der Waals surface area contributed by atoms with Crippen molar-refractivity contribution in [3.05, 3.63) is 29.0 Å². The van der Waals surface area contributed by atoms with Gasteiger partial charge in [-0.1, -0.05) is 0 Å². The Bertz CT molecular complexity index is 605. The third-order valence-corrected chi connectivity index (χ3v) is 4.16. The Morgan fingerprint density at radius 3 is 2.86 bits per heavy atom. The molecule has 0 spiro atoms. The van der Waals surface area contributed by atoms with E-state index >= 15 is 0 Å². The van der Waals surface area contributed by atoms with E-state index in [1.54, 1.807) is 12.4 Å². The maximum absolute atomic E-state index is 12.1. The van der Waals surface area contributed by atoms with Crippen LogP contribution in [0.1, 0.15) is 18.9 Å². The standard InChI is InChI=1S/C14H22N6OS/c1-14(2,12-15-5-8-22-12)18-13(21)17-11-9-16-20(10-11)7-6-19(3)4/h5,8-10H,6-7H2,1-4H3,(H2,17,18,21). The molecule has 0 aliphatic carbocycles. The molecule has 2 heterocycles. The van der Waals surface area contributed by atoms with Crippen LogP contribution in [0.15, 0.2) is 24.0 Å². The highest BCUT2D eigenvalue weighted by atomic mass is 32.1. The van der Waals surface area contributed by atoms with Gasteiger partial charge in [-0.3, -0.25) is 4.68 Å². The number of nitrogens with one attached hydrogen (secondary N) is 2. The summed E-state index contributed by atoms with van der Waals surface area (Å²) in [7, 11) is 4.02. The molecule has 120 valence electrons. The van der Waals surface area contributed by atoms with Gasteiger partial charge in [0.15, 0.2) is 0 Å². The summed E-state index contributed by atoms with van der Waals surface area (Å²) >= 11 is 1.52. The van der Waals surface area contributed by atoms with E-state index in [1.807, 2.05) is 44.2 Å². The molecule has 0 saturated heterocycles. The lowest BCUT2D eigenvalue weighted by atomic mass is 10.1. The maximum atomic E-state index is 12.1. The minimum atomic E-state index is -0.515. The largest absolute Gasteiger partial charge is 0.326 e. The second-order valence-corrected chi connectivity index (χ2v) is 6.73. The molecule has 0 aliphatic heterocycles. The monoisotopic (exact) mass is 322 g/mol. The average molecular weight is 322 g/mol. The molecule has 0 aromatic carbocycles. The van der Waals surface area contributed by atoms with Gasteiger partial charge in [-0.15, -0.1) is 11.3 Å². The number of urea groups is 1. The lowest BCUT2D eigenvalue weighted by Crippen LogP contribution is -2.43. The zero-order valence-electron chi connectivity index (χ0n) is 13.3. The smallest absolute Gasteiger partial charge is 0.320 e. The van der Waals surface area contributed by atoms with Crippen molar-refractivity contribution < 1.29 is 4.79 Å². The first-order valence-corrected chi connectivity index (χ1v) is 7.91. The van der Waals surface area contributed by atoms with Crippen LogP contribution in [0.5, 0.6) is 0 Å². The third kappa shape index (κ3) is 4.54. The van der Waals surface area contributed by atoms with E-state index in [4.69, 9.17) is 0 Å². The zero-order valence-corrected chi connectivity index (χ0v) is 14.1. The summed E-state index contributed by atoms with van der Waals surface area (Å²) in [6, 6.07) is -0.271. The first-order valence-electron chi connectivity index (χ1n) is 7.03. The van der Waals surface area contributed by atoms with Gasteiger partial charge in [0.05, 0.1) is 24.0 Å². The van der Waals surface area contributed by atoms with Crippen LogP contribution in [0.3, 0.4) is 0 Å². The molecule has 0 bridgehead atoms. The van der Waals surface area contributed by atoms with Gasteiger partial charge < -0.3 is 15.5 Å². The SMILES string of the molecule is CN(C)CCn1cc(NC(=O)NC(C)(C)c2nccs2)cn1. The fourth-order valence-electron chi connectivity index (χ4n) is 1.88. The van der Waals surface area contributed by atoms with Crippen LogP contribution in [-0.4, -0.2) is 46.3 Å². The Labute approximate surface area is 134 Å². The number of aromatic nitrogens is 3. The molecule has 7 nitrogen and oxygen atoms in total. The molecule has 22 heavy (non-hydrogen) atoms. The number of hydrogen-bond acceptors (Lipinski definition) is 5. The first kappa shape index (κ1) is 16.4. The highest BCUT2D eigenvalue weighted by Gasteiger charge is 2.25. The lowest BCUT2D eigenvalue weighted by molar-refractivity contribution is 0.242. The van der Waals surface area contributed by atoms with Crippen LogP contribution in [0.4, 0.5) is 10.5 Å². The van der Waals surface area contributed by atoms with Gasteiger partial charge in [-0.05, 0) is 27.9 Å². The minimum Gasteiger partial charge on any atom is -0.326 e. The van der Waals surface area contributed by atoms with E-state index in [2.05, 4.69) is 25.6 Å². The van der Waals surface area contributed by atoms with E-state index in [0.29, 0.717) is 5.69 Å². The van der Waals surface area contributed by atoms with E-state index in [-0.39, 0.29) is 6.03 Å². The maximum Gasteiger partial charge on any atom is 0.320 e. The molecular weight excluding hydrogens is 300 g/mol. The molecule has 2 N–H and O–H groups in total. The molecule has 2 aromatic heterocycles. The molecule has 0 radical (unpaired) electrons. The van der Waals surface area contributed by atoms with E-state index < -0.39 is 5.54 Å². The molecule has 0 atom stereocenters. The Morgan fingerprint density at radius 2 is 2.23 bits per heavy atom. The van der Waals surface area contributed by atoms with Gasteiger partial charge >= 0.3 is 6.03 Å². The summed E-state index contributed by atoms with van der Waals surface area (Å²) in [5.74, 6) is 0. The second-order valence-electron chi connectivity index (χ2n) is 5.84. The summed E-state index contributed by atoms with van der Waals surface area (Å²) in [6.07, 6.45) is 5.20. The molecule has 8 heteroatoms. The van der Waals surface area contributed by atoms with E-state index in [1.165, 1.54) is 11.3 Å². The number of likely N-dealkylation sites (N-methyl/N-ethyl adjacent to an activating group) is 1. The number of nitrogens with zero attached hydrogens (tertiary/aromatic N) is 4. The molecule has 0 unspecified atom stereocenters. The van der Waals surface area contributed by atoms with Gasteiger partial charge in [0.25, 0.3) is 0 Å². The highest BCUT2D eigenvalue weighted by molar-refractivity contribution is 7.09. The number of amides is 2. The van der Waals surface area contributed by atoms with Crippen molar-refractivity contribution in [3.63, 3.8) is 0 Å². The van der Waals surface area contributed by atoms with E-state index in [0.717, 1.165) is 18.1 Å². The quantitative estimate of drug-likeness (QED) is 0.852. The molecule has 2 amide bonds. The molecular formula is C14H22N6OS. The number of rotatable bonds is 6. The topological polar surface area (TPSA) is 75.1 Å². The summed E-state index contributed by atoms with van der Waals surface area (Å²) in [5, 5.41) is 12.7. The van der Waals surface area contributed by atoms with Crippen molar-refractivity contribution in [2.75, 3.05) is 26.0 Å². The summed E-state index contributed by atoms with van der Waals surface area (Å²) < 4.78 is 1.81. The molecule has 2 aromatic rings. The second kappa shape index (κ2) is 6.89. The van der Waals surface area contributed by atoms with Crippen LogP contribution < -0.4 is 10.6 Å². The normalized spacial score (nSPS) is 11.7. The zero-order chi connectivity index (χ0) is 16.2. The molecule has 0 fully saturated rings. The number of carbonyl (C=O) groups is 1. The Kier molecular flexibility index (Phi) is 5.15. The first-order chi connectivity index (χ1) is 10.4. The predicted molar refractivity (Wildman–Crippen MR) is 88.1 cm³/mol. The van der Waals surface area contributed by atoms with Gasteiger partial charge in [-0.2, -0.15) is 5.10 Å². The fraction of sp³-hybridized carbons (Fsp3) is 0.500. The number of anilines is 1. The average Bonchev–Trinajstić information content (AvgIpc) is 3.06. The van der Waals surface area contributed by atoms with Crippen LogP contribution in [-0.2, 0) is 12.1 Å². The number of thiazole rings is 1. The fourth-order valence-corrected chi connectivity index (χ4v) is 2.60. The third-order valence-electron chi connectivity index (χ3n) is 3.06. The van der Waals surface area contributed by atoms with Crippen molar-refractivity contribution in [3.8, 4) is 0 Å². The van der Waals surface area contributed by atoms with Crippen LogP contribution in [0.2, 0.25) is 0 Å². The molecule has 0 aliphatic rings. The van der Waals surface area contributed by atoms with Gasteiger partial charge in [0, 0.05) is 24.3 Å². The Morgan fingerprint density at radius 1 is 1.45 bits per heavy atom. The number of carbonyl (C=O) groups excluding carboxylic acids is 1. The highest BCUT2D eigenvalue weighted by Crippen LogP contribution is 2.22. The van der Waals surface area contributed by atoms with Crippen molar-refractivity contribution in [1.29, 1.82) is 0 Å². The molecule has 0 saturated carbocycles.